The van der Waals surface area contributed by atoms with Crippen molar-refractivity contribution in [1.29, 1.82) is 0 Å². The molecule has 234 valence electrons. The Morgan fingerprint density at radius 1 is 1.07 bits per heavy atom. The molecule has 11 nitrogen and oxygen atoms in total. The largest absolute Gasteiger partial charge is 0.507 e. The number of phenolic OH excluding ortho intramolecular Hbond substituents is 1. The van der Waals surface area contributed by atoms with Gasteiger partial charge in [-0.2, -0.15) is 0 Å². The standard InChI is InChI=1S/C32H44N4O7/c1-31(9-7-6-8-10-31)15-34-14-17-13-20(37)22-18(24(17)35(2)3)11-16-12-19-25(36(4)5)27(39)23(30(33)42)29(41)32(19,43)28(40)21(16)26(22)38/h13,16,19,21,23,25,34,37,43H,6-12,14-15H2,1-5H3,(H2,33,42)/t16-,19-,21?,23?,25-,32-/m0/s1. The van der Waals surface area contributed by atoms with Gasteiger partial charge in [0, 0.05) is 38.8 Å². The van der Waals surface area contributed by atoms with Crippen molar-refractivity contribution in [2.75, 3.05) is 39.6 Å². The number of phenols is 1. The van der Waals surface area contributed by atoms with Gasteiger partial charge in [-0.3, -0.25) is 28.9 Å². The van der Waals surface area contributed by atoms with Crippen LogP contribution in [0.3, 0.4) is 0 Å². The third-order valence-corrected chi connectivity index (χ3v) is 10.5. The third kappa shape index (κ3) is 4.89. The maximum absolute atomic E-state index is 14.0. The fourth-order valence-corrected chi connectivity index (χ4v) is 8.50. The minimum absolute atomic E-state index is 0.0123. The molecule has 4 aliphatic rings. The molecule has 1 aromatic carbocycles. The highest BCUT2D eigenvalue weighted by molar-refractivity contribution is 6.32. The Labute approximate surface area is 252 Å². The highest BCUT2D eigenvalue weighted by Gasteiger charge is 2.69. The first-order chi connectivity index (χ1) is 20.1. The maximum Gasteiger partial charge on any atom is 0.235 e. The molecule has 0 bridgehead atoms. The molecule has 43 heavy (non-hydrogen) atoms. The average molecular weight is 597 g/mol. The Balaban J connectivity index is 1.53. The molecule has 2 unspecified atom stereocenters. The SMILES string of the molecule is CN(C)c1c(CNCC2(C)CCCCC2)cc(O)c2c1C[C@H]1C[C@H]3[C@H](N(C)C)C(=O)C(C(N)=O)C(=O)[C@@]3(O)C(=O)C1C2=O. The van der Waals surface area contributed by atoms with E-state index in [1.165, 1.54) is 24.2 Å². The topological polar surface area (TPSA) is 170 Å². The number of likely N-dealkylation sites (N-methyl/N-ethyl adjacent to an activating group) is 1. The number of carbonyl (C=O) groups excluding carboxylic acids is 5. The van der Waals surface area contributed by atoms with Gasteiger partial charge in [-0.25, -0.2) is 0 Å². The van der Waals surface area contributed by atoms with E-state index < -0.39 is 64.4 Å². The third-order valence-electron chi connectivity index (χ3n) is 10.5. The second-order valence-electron chi connectivity index (χ2n) is 13.9. The Morgan fingerprint density at radius 3 is 2.30 bits per heavy atom. The summed E-state index contributed by atoms with van der Waals surface area (Å²) in [5.74, 6) is -10.4. The lowest BCUT2D eigenvalue weighted by atomic mass is 9.52. The van der Waals surface area contributed by atoms with Crippen molar-refractivity contribution in [3.05, 3.63) is 22.8 Å². The molecule has 5 rings (SSSR count). The Kier molecular flexibility index (Phi) is 8.07. The van der Waals surface area contributed by atoms with E-state index in [1.54, 1.807) is 20.2 Å². The van der Waals surface area contributed by atoms with Crippen molar-refractivity contribution in [1.82, 2.24) is 10.2 Å². The van der Waals surface area contributed by atoms with Crippen molar-refractivity contribution >= 4 is 34.7 Å². The number of fused-ring (bicyclic) bond motifs is 3. The number of aliphatic hydroxyl groups is 1. The number of anilines is 1. The smallest absolute Gasteiger partial charge is 0.235 e. The Morgan fingerprint density at radius 2 is 1.72 bits per heavy atom. The van der Waals surface area contributed by atoms with Crippen LogP contribution >= 0.6 is 0 Å². The molecule has 0 saturated heterocycles. The molecule has 0 aliphatic heterocycles. The van der Waals surface area contributed by atoms with E-state index in [-0.39, 0.29) is 29.6 Å². The first-order valence-corrected chi connectivity index (χ1v) is 15.2. The van der Waals surface area contributed by atoms with Gasteiger partial charge in [-0.1, -0.05) is 26.2 Å². The number of ketones is 4. The number of benzene rings is 1. The molecule has 3 saturated carbocycles. The first kappa shape index (κ1) is 31.3. The molecule has 0 spiro atoms. The highest BCUT2D eigenvalue weighted by atomic mass is 16.3. The summed E-state index contributed by atoms with van der Waals surface area (Å²) < 4.78 is 0. The lowest BCUT2D eigenvalue weighted by molar-refractivity contribution is -0.181. The number of hydrogen-bond acceptors (Lipinski definition) is 10. The van der Waals surface area contributed by atoms with Gasteiger partial charge in [0.2, 0.25) is 5.91 Å². The molecular formula is C32H44N4O7. The van der Waals surface area contributed by atoms with Crippen LogP contribution in [0.15, 0.2) is 6.07 Å². The number of rotatable bonds is 7. The van der Waals surface area contributed by atoms with Gasteiger partial charge in [-0.15, -0.1) is 0 Å². The number of primary amides is 1. The minimum atomic E-state index is -2.73. The van der Waals surface area contributed by atoms with Crippen LogP contribution in [0.5, 0.6) is 5.75 Å². The van der Waals surface area contributed by atoms with Crippen LogP contribution in [-0.4, -0.2) is 90.5 Å². The number of nitrogens with one attached hydrogen (secondary N) is 1. The predicted octanol–water partition coefficient (Wildman–Crippen LogP) is 0.993. The van der Waals surface area contributed by atoms with E-state index in [4.69, 9.17) is 5.73 Å². The van der Waals surface area contributed by atoms with Gasteiger partial charge in [0.25, 0.3) is 0 Å². The molecular weight excluding hydrogens is 552 g/mol. The quantitative estimate of drug-likeness (QED) is 0.333. The van der Waals surface area contributed by atoms with Crippen molar-refractivity contribution in [2.45, 2.75) is 70.1 Å². The monoisotopic (exact) mass is 596 g/mol. The van der Waals surface area contributed by atoms with E-state index in [0.717, 1.165) is 30.6 Å². The zero-order valence-electron chi connectivity index (χ0n) is 25.7. The number of carbonyl (C=O) groups is 5. The molecule has 11 heteroatoms. The van der Waals surface area contributed by atoms with Gasteiger partial charge in [0.05, 0.1) is 17.5 Å². The molecule has 5 N–H and O–H groups in total. The normalized spacial score (nSPS) is 31.8. The molecule has 1 aromatic rings. The first-order valence-electron chi connectivity index (χ1n) is 15.2. The zero-order chi connectivity index (χ0) is 31.6. The number of nitrogens with zero attached hydrogens (tertiary/aromatic N) is 2. The molecule has 0 radical (unpaired) electrons. The number of Topliss-reactive ketones (excluding diaryl/α,β-unsaturated/α-hetero) is 4. The molecule has 0 heterocycles. The van der Waals surface area contributed by atoms with E-state index in [1.807, 2.05) is 19.0 Å². The van der Waals surface area contributed by atoms with Gasteiger partial charge in [-0.05, 0) is 68.3 Å². The van der Waals surface area contributed by atoms with Gasteiger partial charge in [0.15, 0.2) is 34.7 Å². The highest BCUT2D eigenvalue weighted by Crippen LogP contribution is 2.52. The minimum Gasteiger partial charge on any atom is -0.507 e. The van der Waals surface area contributed by atoms with Gasteiger partial charge >= 0.3 is 0 Å². The fraction of sp³-hybridized carbons (Fsp3) is 0.656. The van der Waals surface area contributed by atoms with Crippen LogP contribution in [0.4, 0.5) is 5.69 Å². The van der Waals surface area contributed by atoms with E-state index in [9.17, 15) is 34.2 Å². The summed E-state index contributed by atoms with van der Waals surface area (Å²) in [6, 6.07) is 0.434. The number of aromatic hydroxyl groups is 1. The lowest BCUT2D eigenvalue weighted by Gasteiger charge is -2.52. The summed E-state index contributed by atoms with van der Waals surface area (Å²) in [6.07, 6.45) is 6.28. The second kappa shape index (κ2) is 11.1. The van der Waals surface area contributed by atoms with E-state index in [0.29, 0.717) is 12.1 Å². The van der Waals surface area contributed by atoms with Crippen LogP contribution in [0.1, 0.15) is 66.9 Å². The van der Waals surface area contributed by atoms with Crippen molar-refractivity contribution < 1.29 is 34.2 Å². The number of nitrogens with two attached hydrogens (primary N) is 1. The van der Waals surface area contributed by atoms with Crippen LogP contribution in [-0.2, 0) is 32.1 Å². The number of amides is 1. The second-order valence-corrected chi connectivity index (χ2v) is 13.9. The maximum atomic E-state index is 14.0. The van der Waals surface area contributed by atoms with Gasteiger partial charge in [0.1, 0.15) is 5.75 Å². The average Bonchev–Trinajstić information content (AvgIpc) is 2.90. The van der Waals surface area contributed by atoms with Gasteiger partial charge < -0.3 is 26.2 Å². The molecule has 3 fully saturated rings. The summed E-state index contributed by atoms with van der Waals surface area (Å²) in [5.41, 5.74) is 5.10. The van der Waals surface area contributed by atoms with Crippen LogP contribution in [0.2, 0.25) is 0 Å². The van der Waals surface area contributed by atoms with E-state index in [2.05, 4.69) is 12.2 Å². The molecule has 6 atom stereocenters. The molecule has 1 amide bonds. The van der Waals surface area contributed by atoms with Crippen molar-refractivity contribution in [3.8, 4) is 5.75 Å². The van der Waals surface area contributed by atoms with Crippen molar-refractivity contribution in [3.63, 3.8) is 0 Å². The summed E-state index contributed by atoms with van der Waals surface area (Å²) >= 11 is 0. The fourth-order valence-electron chi connectivity index (χ4n) is 8.50. The molecule has 4 aliphatic carbocycles. The van der Waals surface area contributed by atoms with E-state index >= 15 is 0 Å². The summed E-state index contributed by atoms with van der Waals surface area (Å²) in [4.78, 5) is 70.4. The zero-order valence-corrected chi connectivity index (χ0v) is 25.7. The Bertz CT molecular complexity index is 1380. The lowest BCUT2D eigenvalue weighted by Crippen LogP contribution is -2.74. The Hall–Kier alpha value is -3.15. The van der Waals surface area contributed by atoms with Crippen LogP contribution < -0.4 is 16.0 Å². The number of hydrogen-bond donors (Lipinski definition) is 4. The summed E-state index contributed by atoms with van der Waals surface area (Å²) in [5, 5.41) is 26.5. The summed E-state index contributed by atoms with van der Waals surface area (Å²) in [6.45, 7) is 3.61. The van der Waals surface area contributed by atoms with Crippen LogP contribution in [0, 0.1) is 29.1 Å². The van der Waals surface area contributed by atoms with Crippen molar-refractivity contribution in [2.24, 2.45) is 34.8 Å². The van der Waals surface area contributed by atoms with Crippen LogP contribution in [0.25, 0.3) is 0 Å². The predicted molar refractivity (Wildman–Crippen MR) is 159 cm³/mol. The molecule has 0 aromatic heterocycles. The summed E-state index contributed by atoms with van der Waals surface area (Å²) in [7, 11) is 6.88.